The summed E-state index contributed by atoms with van der Waals surface area (Å²) in [5, 5.41) is 12.1. The number of benzene rings is 2. The minimum atomic E-state index is -0.754. The van der Waals surface area contributed by atoms with Gasteiger partial charge in [0.2, 0.25) is 11.6 Å². The Morgan fingerprint density at radius 3 is 2.58 bits per heavy atom. The van der Waals surface area contributed by atoms with Crippen LogP contribution in [0.5, 0.6) is 0 Å². The summed E-state index contributed by atoms with van der Waals surface area (Å²) in [6, 6.07) is 8.98. The largest absolute Gasteiger partial charge is 0.507 e. The third-order valence-corrected chi connectivity index (χ3v) is 4.37. The summed E-state index contributed by atoms with van der Waals surface area (Å²) in [5.41, 5.74) is 1.54. The Labute approximate surface area is 138 Å². The highest BCUT2D eigenvalue weighted by molar-refractivity contribution is 6.54. The number of Topliss-reactive ketones (excluding diaryl/α,β-unsaturated/α-hetero) is 2. The highest BCUT2D eigenvalue weighted by Gasteiger charge is 2.36. The first-order valence-electron chi connectivity index (χ1n) is 7.57. The van der Waals surface area contributed by atoms with E-state index in [4.69, 9.17) is 0 Å². The van der Waals surface area contributed by atoms with E-state index in [2.05, 4.69) is 4.74 Å². The number of fused-ring (bicyclic) bond motifs is 3. The molecule has 2 aromatic rings. The highest BCUT2D eigenvalue weighted by Crippen LogP contribution is 2.36. The topological polar surface area (TPSA) is 80.7 Å². The quantitative estimate of drug-likeness (QED) is 0.691. The molecule has 0 heterocycles. The predicted octanol–water partition coefficient (Wildman–Crippen LogP) is 2.99. The molecule has 0 saturated heterocycles. The maximum atomic E-state index is 12.7. The molecule has 2 aromatic carbocycles. The Morgan fingerprint density at radius 2 is 1.88 bits per heavy atom. The third kappa shape index (κ3) is 2.29. The maximum Gasteiger partial charge on any atom is 0.293 e. The van der Waals surface area contributed by atoms with Crippen molar-refractivity contribution in [2.24, 2.45) is 5.92 Å². The second-order valence-corrected chi connectivity index (χ2v) is 5.91. The normalized spacial score (nSPS) is 15.4. The lowest BCUT2D eigenvalue weighted by Gasteiger charge is -2.23. The lowest BCUT2D eigenvalue weighted by Crippen LogP contribution is -2.29. The van der Waals surface area contributed by atoms with Crippen LogP contribution in [0.25, 0.3) is 16.5 Å². The SMILES string of the molecule is Cc1cccc2c3c(ccc12)C(O)=C(C(C)COC=O)C(=O)C3=O. The zero-order valence-electron chi connectivity index (χ0n) is 13.3. The number of carbonyl (C=O) groups is 3. The van der Waals surface area contributed by atoms with Gasteiger partial charge in [-0.15, -0.1) is 0 Å². The summed E-state index contributed by atoms with van der Waals surface area (Å²) in [5.74, 6) is -2.20. The number of carbonyl (C=O) groups excluding carboxylic acids is 3. The highest BCUT2D eigenvalue weighted by atomic mass is 16.5. The molecular formula is C19H16O5. The van der Waals surface area contributed by atoms with Crippen molar-refractivity contribution in [2.75, 3.05) is 6.61 Å². The summed E-state index contributed by atoms with van der Waals surface area (Å²) >= 11 is 0. The van der Waals surface area contributed by atoms with Gasteiger partial charge in [-0.1, -0.05) is 31.2 Å². The van der Waals surface area contributed by atoms with Crippen molar-refractivity contribution in [3.05, 3.63) is 52.6 Å². The molecule has 1 aliphatic rings. The fourth-order valence-electron chi connectivity index (χ4n) is 3.17. The second kappa shape index (κ2) is 5.92. The van der Waals surface area contributed by atoms with Crippen molar-refractivity contribution < 1.29 is 24.2 Å². The van der Waals surface area contributed by atoms with Gasteiger partial charge in [0, 0.05) is 17.0 Å². The summed E-state index contributed by atoms with van der Waals surface area (Å²) in [6.07, 6.45) is 0. The Hall–Kier alpha value is -2.95. The minimum absolute atomic E-state index is 0.0126. The van der Waals surface area contributed by atoms with Gasteiger partial charge in [-0.25, -0.2) is 0 Å². The monoisotopic (exact) mass is 324 g/mol. The number of hydrogen-bond donors (Lipinski definition) is 1. The Bertz CT molecular complexity index is 907. The molecule has 0 saturated carbocycles. The molecule has 1 atom stereocenters. The van der Waals surface area contributed by atoms with Crippen molar-refractivity contribution in [3.63, 3.8) is 0 Å². The van der Waals surface area contributed by atoms with Gasteiger partial charge in [0.05, 0.1) is 12.2 Å². The van der Waals surface area contributed by atoms with Crippen LogP contribution in [0.1, 0.15) is 28.4 Å². The van der Waals surface area contributed by atoms with Gasteiger partial charge < -0.3 is 9.84 Å². The molecule has 0 amide bonds. The first-order valence-corrected chi connectivity index (χ1v) is 7.57. The molecule has 5 nitrogen and oxygen atoms in total. The second-order valence-electron chi connectivity index (χ2n) is 5.91. The molecule has 0 bridgehead atoms. The fourth-order valence-corrected chi connectivity index (χ4v) is 3.17. The summed E-state index contributed by atoms with van der Waals surface area (Å²) in [6.45, 7) is 3.73. The van der Waals surface area contributed by atoms with E-state index in [-0.39, 0.29) is 30.0 Å². The molecule has 3 rings (SSSR count). The average Bonchev–Trinajstić information content (AvgIpc) is 2.57. The number of hydrogen-bond acceptors (Lipinski definition) is 5. The van der Waals surface area contributed by atoms with Gasteiger partial charge in [0.25, 0.3) is 6.47 Å². The van der Waals surface area contributed by atoms with Crippen LogP contribution in [-0.2, 0) is 14.3 Å². The number of rotatable bonds is 4. The van der Waals surface area contributed by atoms with Crippen LogP contribution in [-0.4, -0.2) is 29.8 Å². The predicted molar refractivity (Wildman–Crippen MR) is 88.8 cm³/mol. The molecule has 0 aromatic heterocycles. The molecule has 1 N–H and O–H groups in total. The maximum absolute atomic E-state index is 12.7. The zero-order valence-corrected chi connectivity index (χ0v) is 13.3. The smallest absolute Gasteiger partial charge is 0.293 e. The Balaban J connectivity index is 2.25. The van der Waals surface area contributed by atoms with E-state index in [0.717, 1.165) is 10.9 Å². The summed E-state index contributed by atoms with van der Waals surface area (Å²) in [4.78, 5) is 35.5. The van der Waals surface area contributed by atoms with E-state index in [1.54, 1.807) is 19.1 Å². The van der Waals surface area contributed by atoms with E-state index in [1.165, 1.54) is 0 Å². The van der Waals surface area contributed by atoms with Gasteiger partial charge in [-0.3, -0.25) is 14.4 Å². The minimum Gasteiger partial charge on any atom is -0.507 e. The van der Waals surface area contributed by atoms with Gasteiger partial charge in [-0.2, -0.15) is 0 Å². The van der Waals surface area contributed by atoms with Gasteiger partial charge in [-0.05, 0) is 29.3 Å². The molecule has 0 spiro atoms. The molecule has 1 unspecified atom stereocenters. The van der Waals surface area contributed by atoms with Crippen molar-refractivity contribution in [1.82, 2.24) is 0 Å². The van der Waals surface area contributed by atoms with E-state index in [0.29, 0.717) is 10.9 Å². The van der Waals surface area contributed by atoms with Crippen LogP contribution in [0.3, 0.4) is 0 Å². The Morgan fingerprint density at radius 1 is 1.12 bits per heavy atom. The first kappa shape index (κ1) is 15.9. The van der Waals surface area contributed by atoms with Crippen molar-refractivity contribution in [3.8, 4) is 0 Å². The van der Waals surface area contributed by atoms with E-state index in [1.807, 2.05) is 25.1 Å². The lowest BCUT2D eigenvalue weighted by atomic mass is 9.81. The van der Waals surface area contributed by atoms with Crippen LogP contribution in [0.15, 0.2) is 35.9 Å². The van der Waals surface area contributed by atoms with E-state index >= 15 is 0 Å². The zero-order chi connectivity index (χ0) is 17.4. The fraction of sp³-hybridized carbons (Fsp3) is 0.211. The number of aliphatic hydroxyl groups excluding tert-OH is 1. The number of ketones is 2. The van der Waals surface area contributed by atoms with Crippen molar-refractivity contribution >= 4 is 34.6 Å². The summed E-state index contributed by atoms with van der Waals surface area (Å²) in [7, 11) is 0. The van der Waals surface area contributed by atoms with Crippen LogP contribution in [0.2, 0.25) is 0 Å². The molecule has 0 fully saturated rings. The summed E-state index contributed by atoms with van der Waals surface area (Å²) < 4.78 is 4.66. The van der Waals surface area contributed by atoms with E-state index in [9.17, 15) is 19.5 Å². The van der Waals surface area contributed by atoms with Crippen LogP contribution < -0.4 is 0 Å². The van der Waals surface area contributed by atoms with Gasteiger partial charge in [0.1, 0.15) is 5.76 Å². The van der Waals surface area contributed by atoms with Gasteiger partial charge >= 0.3 is 0 Å². The first-order chi connectivity index (χ1) is 11.5. The lowest BCUT2D eigenvalue weighted by molar-refractivity contribution is -0.129. The van der Waals surface area contributed by atoms with E-state index < -0.39 is 17.5 Å². The number of ether oxygens (including phenoxy) is 1. The molecule has 0 aliphatic heterocycles. The third-order valence-electron chi connectivity index (χ3n) is 4.37. The molecular weight excluding hydrogens is 308 g/mol. The van der Waals surface area contributed by atoms with Crippen LogP contribution in [0.4, 0.5) is 0 Å². The molecule has 1 aliphatic carbocycles. The molecule has 0 radical (unpaired) electrons. The Kier molecular flexibility index (Phi) is 3.93. The molecule has 24 heavy (non-hydrogen) atoms. The molecule has 122 valence electrons. The average molecular weight is 324 g/mol. The van der Waals surface area contributed by atoms with Crippen molar-refractivity contribution in [2.45, 2.75) is 13.8 Å². The van der Waals surface area contributed by atoms with Crippen molar-refractivity contribution in [1.29, 1.82) is 0 Å². The van der Waals surface area contributed by atoms with Crippen LogP contribution >= 0.6 is 0 Å². The number of aryl methyl sites for hydroxylation is 1. The number of aliphatic hydroxyl groups is 1. The van der Waals surface area contributed by atoms with Gasteiger partial charge in [0.15, 0.2) is 0 Å². The van der Waals surface area contributed by atoms with Crippen LogP contribution in [0, 0.1) is 12.8 Å². The molecule has 5 heteroatoms. The standard InChI is InChI=1S/C19H16O5/c1-10-4-3-5-13-12(10)6-7-14-16(13)19(23)18(22)15(17(14)21)11(2)8-24-9-20/h3-7,9,11,21H,8H2,1-2H3.